The highest BCUT2D eigenvalue weighted by molar-refractivity contribution is 7.80. The van der Waals surface area contributed by atoms with Crippen molar-refractivity contribution >= 4 is 28.9 Å². The molecular formula is C16H21N5OS. The standard InChI is InChI=1S/C16H21N5OS/c1-10-5-6-14(7-11(10)2)17-16(23)19-18-15(22)9-21-13(4)8-12(3)20-21/h5-8H,9H2,1-4H3,(H,18,22)(H2,17,19,23). The molecule has 6 nitrogen and oxygen atoms in total. The summed E-state index contributed by atoms with van der Waals surface area (Å²) in [6.45, 7) is 8.02. The van der Waals surface area contributed by atoms with Crippen molar-refractivity contribution in [2.45, 2.75) is 34.2 Å². The third kappa shape index (κ3) is 4.79. The topological polar surface area (TPSA) is 71.0 Å². The van der Waals surface area contributed by atoms with Gasteiger partial charge < -0.3 is 5.32 Å². The van der Waals surface area contributed by atoms with Crippen LogP contribution in [-0.4, -0.2) is 20.8 Å². The van der Waals surface area contributed by atoms with Gasteiger partial charge in [-0.3, -0.25) is 20.3 Å². The minimum atomic E-state index is -0.222. The zero-order valence-electron chi connectivity index (χ0n) is 13.7. The molecule has 2 rings (SSSR count). The number of carbonyl (C=O) groups excluding carboxylic acids is 1. The summed E-state index contributed by atoms with van der Waals surface area (Å²) < 4.78 is 1.64. The van der Waals surface area contributed by atoms with Gasteiger partial charge in [0.15, 0.2) is 5.11 Å². The molecule has 0 aliphatic carbocycles. The minimum Gasteiger partial charge on any atom is -0.331 e. The Morgan fingerprint density at radius 1 is 1.13 bits per heavy atom. The zero-order chi connectivity index (χ0) is 17.0. The Balaban J connectivity index is 1.82. The summed E-state index contributed by atoms with van der Waals surface area (Å²) in [7, 11) is 0. The average molecular weight is 331 g/mol. The monoisotopic (exact) mass is 331 g/mol. The Bertz CT molecular complexity index is 738. The van der Waals surface area contributed by atoms with E-state index in [2.05, 4.69) is 28.2 Å². The highest BCUT2D eigenvalue weighted by Gasteiger charge is 2.07. The maximum Gasteiger partial charge on any atom is 0.260 e. The van der Waals surface area contributed by atoms with Crippen molar-refractivity contribution in [1.82, 2.24) is 20.6 Å². The van der Waals surface area contributed by atoms with Crippen molar-refractivity contribution in [2.75, 3.05) is 5.32 Å². The Hall–Kier alpha value is -2.41. The Morgan fingerprint density at radius 3 is 2.48 bits per heavy atom. The number of aryl methyl sites for hydroxylation is 4. The third-order valence-corrected chi connectivity index (χ3v) is 3.68. The number of amides is 1. The molecular weight excluding hydrogens is 310 g/mol. The first-order chi connectivity index (χ1) is 10.8. The van der Waals surface area contributed by atoms with Crippen LogP contribution in [0, 0.1) is 27.7 Å². The van der Waals surface area contributed by atoms with Crippen LogP contribution in [0.15, 0.2) is 24.3 Å². The number of hydrazine groups is 1. The van der Waals surface area contributed by atoms with Crippen molar-refractivity contribution in [2.24, 2.45) is 0 Å². The summed E-state index contributed by atoms with van der Waals surface area (Å²) in [4.78, 5) is 11.9. The van der Waals surface area contributed by atoms with E-state index in [9.17, 15) is 4.79 Å². The lowest BCUT2D eigenvalue weighted by Gasteiger charge is -2.13. The molecule has 0 aliphatic heterocycles. The van der Waals surface area contributed by atoms with E-state index in [0.29, 0.717) is 5.11 Å². The molecule has 0 bridgehead atoms. The summed E-state index contributed by atoms with van der Waals surface area (Å²) in [6.07, 6.45) is 0. The van der Waals surface area contributed by atoms with Gasteiger partial charge in [-0.05, 0) is 69.2 Å². The first kappa shape index (κ1) is 17.0. The number of hydrogen-bond acceptors (Lipinski definition) is 3. The van der Waals surface area contributed by atoms with Crippen LogP contribution < -0.4 is 16.2 Å². The maximum absolute atomic E-state index is 11.9. The van der Waals surface area contributed by atoms with Crippen LogP contribution >= 0.6 is 12.2 Å². The summed E-state index contributed by atoms with van der Waals surface area (Å²) in [5.74, 6) is -0.222. The maximum atomic E-state index is 11.9. The van der Waals surface area contributed by atoms with E-state index >= 15 is 0 Å². The van der Waals surface area contributed by atoms with Crippen molar-refractivity contribution < 1.29 is 4.79 Å². The number of thiocarbonyl (C=S) groups is 1. The number of anilines is 1. The van der Waals surface area contributed by atoms with E-state index in [1.165, 1.54) is 11.1 Å². The molecule has 0 unspecified atom stereocenters. The van der Waals surface area contributed by atoms with Crippen molar-refractivity contribution in [3.05, 3.63) is 46.8 Å². The quantitative estimate of drug-likeness (QED) is 0.594. The van der Waals surface area contributed by atoms with Gasteiger partial charge in [0, 0.05) is 11.4 Å². The lowest BCUT2D eigenvalue weighted by atomic mass is 10.1. The molecule has 0 saturated heterocycles. The highest BCUT2D eigenvalue weighted by Crippen LogP contribution is 2.13. The van der Waals surface area contributed by atoms with Gasteiger partial charge in [0.2, 0.25) is 0 Å². The van der Waals surface area contributed by atoms with Gasteiger partial charge in [-0.2, -0.15) is 5.10 Å². The second kappa shape index (κ2) is 7.23. The van der Waals surface area contributed by atoms with Gasteiger partial charge >= 0.3 is 0 Å². The molecule has 122 valence electrons. The van der Waals surface area contributed by atoms with Crippen LogP contribution in [0.25, 0.3) is 0 Å². The molecule has 1 amide bonds. The fraction of sp³-hybridized carbons (Fsp3) is 0.312. The minimum absolute atomic E-state index is 0.138. The predicted molar refractivity (Wildman–Crippen MR) is 95.1 cm³/mol. The average Bonchev–Trinajstić information content (AvgIpc) is 2.79. The molecule has 0 atom stereocenters. The number of carbonyl (C=O) groups is 1. The fourth-order valence-electron chi connectivity index (χ4n) is 2.12. The Labute approximate surface area is 141 Å². The number of nitrogens with one attached hydrogen (secondary N) is 3. The Kier molecular flexibility index (Phi) is 5.33. The second-order valence-electron chi connectivity index (χ2n) is 5.51. The number of aromatic nitrogens is 2. The van der Waals surface area contributed by atoms with E-state index in [0.717, 1.165) is 17.1 Å². The molecule has 3 N–H and O–H groups in total. The van der Waals surface area contributed by atoms with Crippen LogP contribution in [0.1, 0.15) is 22.5 Å². The number of hydrogen-bond donors (Lipinski definition) is 3. The summed E-state index contributed by atoms with van der Waals surface area (Å²) in [5.41, 5.74) is 10.3. The molecule has 1 aromatic heterocycles. The lowest BCUT2D eigenvalue weighted by molar-refractivity contribution is -0.122. The first-order valence-corrected chi connectivity index (χ1v) is 7.70. The van der Waals surface area contributed by atoms with Crippen LogP contribution in [-0.2, 0) is 11.3 Å². The third-order valence-electron chi connectivity index (χ3n) is 3.48. The van der Waals surface area contributed by atoms with Gasteiger partial charge in [0.25, 0.3) is 5.91 Å². The molecule has 0 aliphatic rings. The van der Waals surface area contributed by atoms with Gasteiger partial charge in [-0.1, -0.05) is 6.07 Å². The zero-order valence-corrected chi connectivity index (χ0v) is 14.5. The molecule has 0 radical (unpaired) electrons. The predicted octanol–water partition coefficient (Wildman–Crippen LogP) is 2.13. The smallest absolute Gasteiger partial charge is 0.260 e. The van der Waals surface area contributed by atoms with E-state index in [-0.39, 0.29) is 12.5 Å². The number of nitrogens with zero attached hydrogens (tertiary/aromatic N) is 2. The normalized spacial score (nSPS) is 10.3. The van der Waals surface area contributed by atoms with Gasteiger partial charge in [0.05, 0.1) is 5.69 Å². The van der Waals surface area contributed by atoms with Gasteiger partial charge in [-0.15, -0.1) is 0 Å². The summed E-state index contributed by atoms with van der Waals surface area (Å²) in [5, 5.41) is 7.60. The molecule has 1 heterocycles. The summed E-state index contributed by atoms with van der Waals surface area (Å²) >= 11 is 5.17. The SMILES string of the molecule is Cc1cc(C)n(CC(=O)NNC(=S)Nc2ccc(C)c(C)c2)n1. The molecule has 2 aromatic rings. The van der Waals surface area contributed by atoms with Crippen molar-refractivity contribution in [1.29, 1.82) is 0 Å². The molecule has 0 saturated carbocycles. The summed E-state index contributed by atoms with van der Waals surface area (Å²) in [6, 6.07) is 7.88. The number of benzene rings is 1. The molecule has 0 spiro atoms. The van der Waals surface area contributed by atoms with E-state index in [1.54, 1.807) is 4.68 Å². The van der Waals surface area contributed by atoms with Gasteiger partial charge in [-0.25, -0.2) is 0 Å². The molecule has 23 heavy (non-hydrogen) atoms. The van der Waals surface area contributed by atoms with E-state index in [1.807, 2.05) is 45.0 Å². The van der Waals surface area contributed by atoms with Crippen LogP contribution in [0.2, 0.25) is 0 Å². The second-order valence-corrected chi connectivity index (χ2v) is 5.92. The van der Waals surface area contributed by atoms with Crippen molar-refractivity contribution in [3.8, 4) is 0 Å². The van der Waals surface area contributed by atoms with Crippen LogP contribution in [0.5, 0.6) is 0 Å². The van der Waals surface area contributed by atoms with E-state index in [4.69, 9.17) is 12.2 Å². The fourth-order valence-corrected chi connectivity index (χ4v) is 2.29. The van der Waals surface area contributed by atoms with E-state index < -0.39 is 0 Å². The largest absolute Gasteiger partial charge is 0.331 e. The highest BCUT2D eigenvalue weighted by atomic mass is 32.1. The first-order valence-electron chi connectivity index (χ1n) is 7.29. The van der Waals surface area contributed by atoms with Crippen LogP contribution in [0.4, 0.5) is 5.69 Å². The lowest BCUT2D eigenvalue weighted by Crippen LogP contribution is -2.45. The Morgan fingerprint density at radius 2 is 1.87 bits per heavy atom. The van der Waals surface area contributed by atoms with Crippen molar-refractivity contribution in [3.63, 3.8) is 0 Å². The molecule has 1 aromatic carbocycles. The molecule has 7 heteroatoms. The number of rotatable bonds is 3. The molecule has 0 fully saturated rings. The van der Waals surface area contributed by atoms with Crippen LogP contribution in [0.3, 0.4) is 0 Å². The van der Waals surface area contributed by atoms with Gasteiger partial charge in [0.1, 0.15) is 6.54 Å².